The van der Waals surface area contributed by atoms with E-state index in [4.69, 9.17) is 4.74 Å². The molecular weight excluding hydrogens is 234 g/mol. The predicted octanol–water partition coefficient (Wildman–Crippen LogP) is 3.01. The minimum atomic E-state index is -0.559. The van der Waals surface area contributed by atoms with Gasteiger partial charge in [-0.3, -0.25) is 4.79 Å². The summed E-state index contributed by atoms with van der Waals surface area (Å²) in [5, 5.41) is -0.559. The number of rotatable bonds is 4. The Morgan fingerprint density at radius 2 is 2.19 bits per heavy atom. The molecule has 88 valence electrons. The van der Waals surface area contributed by atoms with Crippen LogP contribution in [-0.4, -0.2) is 17.8 Å². The highest BCUT2D eigenvalue weighted by Crippen LogP contribution is 2.27. The molecule has 16 heavy (non-hydrogen) atoms. The predicted molar refractivity (Wildman–Crippen MR) is 58.3 cm³/mol. The molecule has 0 radical (unpaired) electrons. The normalized spacial score (nSPS) is 12.2. The van der Waals surface area contributed by atoms with E-state index >= 15 is 0 Å². The summed E-state index contributed by atoms with van der Waals surface area (Å²) in [6.07, 6.45) is 0. The van der Waals surface area contributed by atoms with Crippen LogP contribution >= 0.6 is 11.8 Å². The van der Waals surface area contributed by atoms with E-state index in [1.54, 1.807) is 13.8 Å². The first-order valence-corrected chi connectivity index (χ1v) is 5.71. The van der Waals surface area contributed by atoms with Crippen molar-refractivity contribution < 1.29 is 18.3 Å². The van der Waals surface area contributed by atoms with Gasteiger partial charge in [-0.25, -0.2) is 8.78 Å². The van der Waals surface area contributed by atoms with E-state index in [1.165, 1.54) is 0 Å². The summed E-state index contributed by atoms with van der Waals surface area (Å²) in [7, 11) is 0. The highest BCUT2D eigenvalue weighted by molar-refractivity contribution is 8.00. The van der Waals surface area contributed by atoms with Gasteiger partial charge in [0.15, 0.2) is 0 Å². The quantitative estimate of drug-likeness (QED) is 0.603. The third-order valence-corrected chi connectivity index (χ3v) is 2.93. The molecule has 0 amide bonds. The van der Waals surface area contributed by atoms with Gasteiger partial charge in [0, 0.05) is 4.90 Å². The molecule has 0 spiro atoms. The summed E-state index contributed by atoms with van der Waals surface area (Å²) < 4.78 is 30.9. The van der Waals surface area contributed by atoms with Crippen LogP contribution in [-0.2, 0) is 9.53 Å². The molecule has 0 aliphatic heterocycles. The number of thioether (sulfide) groups is 1. The Morgan fingerprint density at radius 1 is 1.50 bits per heavy atom. The standard InChI is InChI=1S/C11H12F2O2S/c1-3-15-11(14)7(2)16-10-6-8(12)4-5-9(10)13/h4-7H,3H2,1-2H3. The van der Waals surface area contributed by atoms with Crippen LogP contribution in [0.4, 0.5) is 8.78 Å². The molecule has 0 N–H and O–H groups in total. The summed E-state index contributed by atoms with van der Waals surface area (Å²) in [4.78, 5) is 11.4. The molecule has 0 fully saturated rings. The lowest BCUT2D eigenvalue weighted by atomic mass is 10.3. The van der Waals surface area contributed by atoms with Gasteiger partial charge in [0.2, 0.25) is 0 Å². The van der Waals surface area contributed by atoms with Crippen molar-refractivity contribution in [2.75, 3.05) is 6.61 Å². The van der Waals surface area contributed by atoms with Gasteiger partial charge in [-0.2, -0.15) is 0 Å². The van der Waals surface area contributed by atoms with Gasteiger partial charge < -0.3 is 4.74 Å². The SMILES string of the molecule is CCOC(=O)C(C)Sc1cc(F)ccc1F. The molecule has 0 aliphatic carbocycles. The van der Waals surface area contributed by atoms with E-state index in [2.05, 4.69) is 0 Å². The number of esters is 1. The summed E-state index contributed by atoms with van der Waals surface area (Å²) in [5.41, 5.74) is 0. The van der Waals surface area contributed by atoms with Crippen LogP contribution in [0.5, 0.6) is 0 Å². The van der Waals surface area contributed by atoms with Gasteiger partial charge in [-0.05, 0) is 32.0 Å². The lowest BCUT2D eigenvalue weighted by Crippen LogP contribution is -2.16. The Labute approximate surface area is 97.0 Å². The first kappa shape index (κ1) is 13.0. The fraction of sp³-hybridized carbons (Fsp3) is 0.364. The lowest BCUT2D eigenvalue weighted by molar-refractivity contribution is -0.142. The highest BCUT2D eigenvalue weighted by atomic mass is 32.2. The lowest BCUT2D eigenvalue weighted by Gasteiger charge is -2.10. The minimum absolute atomic E-state index is 0.112. The first-order chi connectivity index (χ1) is 7.54. The van der Waals surface area contributed by atoms with Gasteiger partial charge >= 0.3 is 5.97 Å². The van der Waals surface area contributed by atoms with Crippen LogP contribution in [0.3, 0.4) is 0 Å². The molecule has 0 aliphatic rings. The second-order valence-corrected chi connectivity index (χ2v) is 4.47. The Morgan fingerprint density at radius 3 is 2.81 bits per heavy atom. The molecule has 0 bridgehead atoms. The van der Waals surface area contributed by atoms with Crippen molar-refractivity contribution in [3.63, 3.8) is 0 Å². The fourth-order valence-electron chi connectivity index (χ4n) is 1.07. The number of hydrogen-bond acceptors (Lipinski definition) is 3. The Balaban J connectivity index is 2.72. The number of halogens is 2. The van der Waals surface area contributed by atoms with Gasteiger partial charge in [0.1, 0.15) is 16.9 Å². The van der Waals surface area contributed by atoms with Crippen LogP contribution in [0, 0.1) is 11.6 Å². The first-order valence-electron chi connectivity index (χ1n) is 4.83. The molecule has 0 heterocycles. The van der Waals surface area contributed by atoms with Gasteiger partial charge in [0.05, 0.1) is 6.61 Å². The largest absolute Gasteiger partial charge is 0.465 e. The summed E-state index contributed by atoms with van der Waals surface area (Å²) in [5.74, 6) is -1.50. The van der Waals surface area contributed by atoms with Crippen molar-refractivity contribution >= 4 is 17.7 Å². The van der Waals surface area contributed by atoms with Crippen LogP contribution in [0.15, 0.2) is 23.1 Å². The summed E-state index contributed by atoms with van der Waals surface area (Å²) in [6, 6.07) is 3.14. The zero-order chi connectivity index (χ0) is 12.1. The third-order valence-electron chi connectivity index (χ3n) is 1.82. The number of carbonyl (C=O) groups excluding carboxylic acids is 1. The second kappa shape index (κ2) is 5.84. The second-order valence-electron chi connectivity index (χ2n) is 3.09. The van der Waals surface area contributed by atoms with Gasteiger partial charge in [-0.1, -0.05) is 0 Å². The monoisotopic (exact) mass is 246 g/mol. The highest BCUT2D eigenvalue weighted by Gasteiger charge is 2.17. The molecule has 0 saturated heterocycles. The zero-order valence-corrected chi connectivity index (χ0v) is 9.81. The fourth-order valence-corrected chi connectivity index (χ4v) is 1.97. The molecule has 2 nitrogen and oxygen atoms in total. The molecule has 1 rings (SSSR count). The van der Waals surface area contributed by atoms with Crippen molar-refractivity contribution in [3.8, 4) is 0 Å². The van der Waals surface area contributed by atoms with Crippen LogP contribution in [0.25, 0.3) is 0 Å². The summed E-state index contributed by atoms with van der Waals surface area (Å²) in [6.45, 7) is 3.56. The molecule has 1 unspecified atom stereocenters. The topological polar surface area (TPSA) is 26.3 Å². The van der Waals surface area contributed by atoms with Crippen LogP contribution in [0.1, 0.15) is 13.8 Å². The Kier molecular flexibility index (Phi) is 4.73. The average Bonchev–Trinajstić information content (AvgIpc) is 2.23. The van der Waals surface area contributed by atoms with Crippen molar-refractivity contribution in [1.82, 2.24) is 0 Å². The number of carbonyl (C=O) groups is 1. The molecule has 1 aromatic rings. The molecule has 0 aromatic heterocycles. The molecule has 0 saturated carbocycles. The van der Waals surface area contributed by atoms with E-state index in [1.807, 2.05) is 0 Å². The van der Waals surface area contributed by atoms with Crippen molar-refractivity contribution in [3.05, 3.63) is 29.8 Å². The molecule has 5 heteroatoms. The van der Waals surface area contributed by atoms with Gasteiger partial charge in [0.25, 0.3) is 0 Å². The molecule has 1 aromatic carbocycles. The van der Waals surface area contributed by atoms with Crippen LogP contribution < -0.4 is 0 Å². The van der Waals surface area contributed by atoms with Crippen LogP contribution in [0.2, 0.25) is 0 Å². The maximum atomic E-state index is 13.2. The van der Waals surface area contributed by atoms with E-state index < -0.39 is 22.9 Å². The maximum absolute atomic E-state index is 13.2. The Bertz CT molecular complexity index is 382. The number of ether oxygens (including phenoxy) is 1. The maximum Gasteiger partial charge on any atom is 0.319 e. The summed E-state index contributed by atoms with van der Waals surface area (Å²) >= 11 is 0.943. The average molecular weight is 246 g/mol. The van der Waals surface area contributed by atoms with E-state index in [0.717, 1.165) is 30.0 Å². The third kappa shape index (κ3) is 3.48. The van der Waals surface area contributed by atoms with Crippen molar-refractivity contribution in [1.29, 1.82) is 0 Å². The minimum Gasteiger partial charge on any atom is -0.465 e. The molecular formula is C11H12F2O2S. The van der Waals surface area contributed by atoms with Gasteiger partial charge in [-0.15, -0.1) is 11.8 Å². The van der Waals surface area contributed by atoms with E-state index in [0.29, 0.717) is 0 Å². The number of hydrogen-bond donors (Lipinski definition) is 0. The zero-order valence-electron chi connectivity index (χ0n) is 9.00. The van der Waals surface area contributed by atoms with E-state index in [-0.39, 0.29) is 11.5 Å². The molecule has 1 atom stereocenters. The van der Waals surface area contributed by atoms with Crippen molar-refractivity contribution in [2.45, 2.75) is 24.0 Å². The Hall–Kier alpha value is -1.10. The number of benzene rings is 1. The smallest absolute Gasteiger partial charge is 0.319 e. The van der Waals surface area contributed by atoms with Crippen molar-refractivity contribution in [2.24, 2.45) is 0 Å². The van der Waals surface area contributed by atoms with E-state index in [9.17, 15) is 13.6 Å².